The van der Waals surface area contributed by atoms with Gasteiger partial charge in [-0.05, 0) is 31.5 Å². The Morgan fingerprint density at radius 2 is 2.05 bits per heavy atom. The van der Waals surface area contributed by atoms with Crippen molar-refractivity contribution >= 4 is 11.7 Å². The van der Waals surface area contributed by atoms with Gasteiger partial charge in [0.15, 0.2) is 11.6 Å². The lowest BCUT2D eigenvalue weighted by Crippen LogP contribution is -2.09. The van der Waals surface area contributed by atoms with Gasteiger partial charge in [0.2, 0.25) is 0 Å². The summed E-state index contributed by atoms with van der Waals surface area (Å²) in [5.74, 6) is -0.836. The number of esters is 1. The summed E-state index contributed by atoms with van der Waals surface area (Å²) >= 11 is 0. The van der Waals surface area contributed by atoms with Crippen LogP contribution >= 0.6 is 0 Å². The quantitative estimate of drug-likeness (QED) is 0.689. The SMILES string of the molecule is CCOC(=O)c1cc(Oc2cccc(C)c2)c(F)cc1N. The molecule has 0 heterocycles. The fourth-order valence-corrected chi connectivity index (χ4v) is 1.84. The first-order valence-electron chi connectivity index (χ1n) is 6.52. The first kappa shape index (κ1) is 14.8. The highest BCUT2D eigenvalue weighted by molar-refractivity contribution is 5.95. The number of hydrogen-bond donors (Lipinski definition) is 1. The second-order valence-electron chi connectivity index (χ2n) is 4.51. The third-order valence-electron chi connectivity index (χ3n) is 2.82. The average Bonchev–Trinajstić information content (AvgIpc) is 2.42. The van der Waals surface area contributed by atoms with Crippen LogP contribution in [0.1, 0.15) is 22.8 Å². The van der Waals surface area contributed by atoms with Crippen LogP contribution in [0.2, 0.25) is 0 Å². The molecule has 110 valence electrons. The van der Waals surface area contributed by atoms with Crippen molar-refractivity contribution in [3.05, 3.63) is 53.3 Å². The lowest BCUT2D eigenvalue weighted by atomic mass is 10.1. The summed E-state index contributed by atoms with van der Waals surface area (Å²) in [6.07, 6.45) is 0. The standard InChI is InChI=1S/C16H16FNO3/c1-3-20-16(19)12-8-15(13(17)9-14(12)18)21-11-6-4-5-10(2)7-11/h4-9H,3,18H2,1-2H3. The Bertz CT molecular complexity index is 671. The number of carbonyl (C=O) groups excluding carboxylic acids is 1. The van der Waals surface area contributed by atoms with Gasteiger partial charge in [0.25, 0.3) is 0 Å². The van der Waals surface area contributed by atoms with Gasteiger partial charge in [0, 0.05) is 17.8 Å². The Morgan fingerprint density at radius 3 is 2.71 bits per heavy atom. The van der Waals surface area contributed by atoms with Crippen LogP contribution in [0.15, 0.2) is 36.4 Å². The van der Waals surface area contributed by atoms with E-state index in [0.29, 0.717) is 5.75 Å². The zero-order valence-corrected chi connectivity index (χ0v) is 11.9. The van der Waals surface area contributed by atoms with Gasteiger partial charge in [-0.15, -0.1) is 0 Å². The Labute approximate surface area is 122 Å². The van der Waals surface area contributed by atoms with Crippen molar-refractivity contribution in [2.45, 2.75) is 13.8 Å². The van der Waals surface area contributed by atoms with Crippen molar-refractivity contribution in [3.63, 3.8) is 0 Å². The molecule has 0 saturated carbocycles. The van der Waals surface area contributed by atoms with Gasteiger partial charge in [0.1, 0.15) is 5.75 Å². The molecule has 0 radical (unpaired) electrons. The molecule has 0 aromatic heterocycles. The molecule has 0 fully saturated rings. The molecule has 5 heteroatoms. The van der Waals surface area contributed by atoms with E-state index in [1.807, 2.05) is 13.0 Å². The first-order chi connectivity index (χ1) is 10.0. The first-order valence-corrected chi connectivity index (χ1v) is 6.52. The number of nitrogen functional groups attached to an aromatic ring is 1. The summed E-state index contributed by atoms with van der Waals surface area (Å²) < 4.78 is 24.3. The fraction of sp³-hybridized carbons (Fsp3) is 0.188. The molecular weight excluding hydrogens is 273 g/mol. The molecule has 2 rings (SSSR count). The summed E-state index contributed by atoms with van der Waals surface area (Å²) in [5, 5.41) is 0. The number of nitrogens with two attached hydrogens (primary N) is 1. The minimum Gasteiger partial charge on any atom is -0.462 e. The van der Waals surface area contributed by atoms with Crippen LogP contribution in [-0.2, 0) is 4.74 Å². The maximum absolute atomic E-state index is 13.9. The lowest BCUT2D eigenvalue weighted by molar-refractivity contribution is 0.0527. The average molecular weight is 289 g/mol. The van der Waals surface area contributed by atoms with E-state index >= 15 is 0 Å². The third kappa shape index (κ3) is 3.51. The van der Waals surface area contributed by atoms with Gasteiger partial charge in [-0.2, -0.15) is 0 Å². The van der Waals surface area contributed by atoms with Crippen molar-refractivity contribution in [1.82, 2.24) is 0 Å². The zero-order valence-electron chi connectivity index (χ0n) is 11.9. The van der Waals surface area contributed by atoms with Crippen LogP contribution in [0.25, 0.3) is 0 Å². The predicted octanol–water partition coefficient (Wildman–Crippen LogP) is 3.69. The van der Waals surface area contributed by atoms with E-state index in [9.17, 15) is 9.18 Å². The topological polar surface area (TPSA) is 61.5 Å². The molecule has 0 unspecified atom stereocenters. The molecule has 2 N–H and O–H groups in total. The number of halogens is 1. The van der Waals surface area contributed by atoms with E-state index in [4.69, 9.17) is 15.2 Å². The molecule has 0 aliphatic rings. The highest BCUT2D eigenvalue weighted by atomic mass is 19.1. The maximum atomic E-state index is 13.9. The van der Waals surface area contributed by atoms with Crippen molar-refractivity contribution in [1.29, 1.82) is 0 Å². The fourth-order valence-electron chi connectivity index (χ4n) is 1.84. The van der Waals surface area contributed by atoms with Crippen LogP contribution in [0.4, 0.5) is 10.1 Å². The molecule has 0 spiro atoms. The lowest BCUT2D eigenvalue weighted by Gasteiger charge is -2.11. The smallest absolute Gasteiger partial charge is 0.340 e. The van der Waals surface area contributed by atoms with Crippen LogP contribution in [0.5, 0.6) is 11.5 Å². The molecule has 21 heavy (non-hydrogen) atoms. The van der Waals surface area contributed by atoms with Gasteiger partial charge in [-0.25, -0.2) is 9.18 Å². The van der Waals surface area contributed by atoms with Crippen molar-refractivity contribution in [2.24, 2.45) is 0 Å². The second kappa shape index (κ2) is 6.26. The van der Waals surface area contributed by atoms with Crippen molar-refractivity contribution < 1.29 is 18.7 Å². The Hall–Kier alpha value is -2.56. The summed E-state index contributed by atoms with van der Waals surface area (Å²) in [7, 11) is 0. The number of rotatable bonds is 4. The van der Waals surface area contributed by atoms with Gasteiger partial charge in [-0.3, -0.25) is 0 Å². The number of anilines is 1. The van der Waals surface area contributed by atoms with E-state index in [1.165, 1.54) is 6.07 Å². The molecule has 0 saturated heterocycles. The van der Waals surface area contributed by atoms with Crippen molar-refractivity contribution in [3.8, 4) is 11.5 Å². The van der Waals surface area contributed by atoms with E-state index < -0.39 is 11.8 Å². The van der Waals surface area contributed by atoms with Crippen LogP contribution < -0.4 is 10.5 Å². The van der Waals surface area contributed by atoms with E-state index in [1.54, 1.807) is 25.1 Å². The van der Waals surface area contributed by atoms with Crippen LogP contribution in [0, 0.1) is 12.7 Å². The van der Waals surface area contributed by atoms with Gasteiger partial charge >= 0.3 is 5.97 Å². The van der Waals surface area contributed by atoms with E-state index in [-0.39, 0.29) is 23.6 Å². The molecule has 0 bridgehead atoms. The Balaban J connectivity index is 2.35. The number of benzene rings is 2. The summed E-state index contributed by atoms with van der Waals surface area (Å²) in [6, 6.07) is 9.47. The predicted molar refractivity (Wildman–Crippen MR) is 78.0 cm³/mol. The number of ether oxygens (including phenoxy) is 2. The number of carbonyl (C=O) groups is 1. The Kier molecular flexibility index (Phi) is 4.42. The molecule has 0 aliphatic carbocycles. The normalized spacial score (nSPS) is 10.2. The van der Waals surface area contributed by atoms with Crippen molar-refractivity contribution in [2.75, 3.05) is 12.3 Å². The monoisotopic (exact) mass is 289 g/mol. The largest absolute Gasteiger partial charge is 0.462 e. The number of aryl methyl sites for hydroxylation is 1. The van der Waals surface area contributed by atoms with Gasteiger partial charge < -0.3 is 15.2 Å². The molecule has 0 aliphatic heterocycles. The van der Waals surface area contributed by atoms with E-state index in [0.717, 1.165) is 11.6 Å². The molecule has 2 aromatic carbocycles. The summed E-state index contributed by atoms with van der Waals surface area (Å²) in [6.45, 7) is 3.79. The highest BCUT2D eigenvalue weighted by Gasteiger charge is 2.16. The summed E-state index contributed by atoms with van der Waals surface area (Å²) in [4.78, 5) is 11.8. The van der Waals surface area contributed by atoms with Crippen LogP contribution in [-0.4, -0.2) is 12.6 Å². The van der Waals surface area contributed by atoms with Gasteiger partial charge in [0.05, 0.1) is 12.2 Å². The van der Waals surface area contributed by atoms with E-state index in [2.05, 4.69) is 0 Å². The second-order valence-corrected chi connectivity index (χ2v) is 4.51. The van der Waals surface area contributed by atoms with Gasteiger partial charge in [-0.1, -0.05) is 12.1 Å². The molecule has 0 amide bonds. The molecule has 4 nitrogen and oxygen atoms in total. The third-order valence-corrected chi connectivity index (χ3v) is 2.82. The molecule has 2 aromatic rings. The Morgan fingerprint density at radius 1 is 1.29 bits per heavy atom. The molecule has 0 atom stereocenters. The zero-order chi connectivity index (χ0) is 15.4. The number of hydrogen-bond acceptors (Lipinski definition) is 4. The highest BCUT2D eigenvalue weighted by Crippen LogP contribution is 2.29. The minimum atomic E-state index is -0.637. The van der Waals surface area contributed by atoms with Crippen LogP contribution in [0.3, 0.4) is 0 Å². The molecular formula is C16H16FNO3. The summed E-state index contributed by atoms with van der Waals surface area (Å²) in [5.41, 5.74) is 6.72. The maximum Gasteiger partial charge on any atom is 0.340 e. The minimum absolute atomic E-state index is 0.0162.